The van der Waals surface area contributed by atoms with Crippen molar-refractivity contribution in [2.45, 2.75) is 18.8 Å². The summed E-state index contributed by atoms with van der Waals surface area (Å²) in [4.78, 5) is 10.7. The molecule has 1 aliphatic rings. The zero-order chi connectivity index (χ0) is 6.27. The van der Waals surface area contributed by atoms with Gasteiger partial charge in [-0.2, -0.15) is 5.16 Å². The van der Waals surface area contributed by atoms with Crippen LogP contribution in [0.5, 0.6) is 0 Å². The van der Waals surface area contributed by atoms with Gasteiger partial charge >= 0.3 is 5.56 Å². The highest BCUT2D eigenvalue weighted by atomic mass is 16.6. The minimum Gasteiger partial charge on any atom is -0.267 e. The summed E-state index contributed by atoms with van der Waals surface area (Å²) in [6.45, 7) is 0. The van der Waals surface area contributed by atoms with Crippen molar-refractivity contribution < 1.29 is 4.63 Å². The first-order valence-electron chi connectivity index (χ1n) is 2.92. The minimum atomic E-state index is -0.169. The molecule has 1 fully saturated rings. The first-order valence-corrected chi connectivity index (χ1v) is 2.92. The fraction of sp³-hybridized carbons (Fsp3) is 0.600. The molecule has 1 saturated carbocycles. The smallest absolute Gasteiger partial charge is 0.267 e. The second-order valence-electron chi connectivity index (χ2n) is 2.27. The maximum absolute atomic E-state index is 10.7. The molecule has 9 heavy (non-hydrogen) atoms. The minimum absolute atomic E-state index is 0.169. The van der Waals surface area contributed by atoms with Gasteiger partial charge in [-0.05, 0) is 12.8 Å². The molecule has 1 heterocycles. The van der Waals surface area contributed by atoms with Crippen LogP contribution >= 0.6 is 0 Å². The Balaban J connectivity index is 2.47. The zero-order valence-electron chi connectivity index (χ0n) is 4.76. The van der Waals surface area contributed by atoms with Crippen LogP contribution < -0.4 is 5.56 Å². The largest absolute Gasteiger partial charge is 0.304 e. The Morgan fingerprint density at radius 3 is 2.89 bits per heavy atom. The summed E-state index contributed by atoms with van der Waals surface area (Å²) >= 11 is 0. The zero-order valence-corrected chi connectivity index (χ0v) is 4.76. The average Bonchev–Trinajstić information content (AvgIpc) is 2.58. The van der Waals surface area contributed by atoms with Gasteiger partial charge in [0.15, 0.2) is 5.69 Å². The summed E-state index contributed by atoms with van der Waals surface area (Å²) < 4.78 is 4.36. The molecular weight excluding hydrogens is 120 g/mol. The lowest BCUT2D eigenvalue weighted by atomic mass is 10.3. The highest BCUT2D eigenvalue weighted by Gasteiger charge is 2.29. The van der Waals surface area contributed by atoms with Crippen molar-refractivity contribution in [3.63, 3.8) is 0 Å². The van der Waals surface area contributed by atoms with E-state index < -0.39 is 0 Å². The number of hydrogen-bond acceptors (Lipinski definition) is 3. The van der Waals surface area contributed by atoms with Crippen LogP contribution in [0.2, 0.25) is 0 Å². The van der Waals surface area contributed by atoms with E-state index in [1.165, 1.54) is 0 Å². The number of H-pyrrole nitrogens is 1. The van der Waals surface area contributed by atoms with Crippen molar-refractivity contribution >= 4 is 0 Å². The number of rotatable bonds is 1. The van der Waals surface area contributed by atoms with Crippen molar-refractivity contribution in [1.82, 2.24) is 10.3 Å². The van der Waals surface area contributed by atoms with Gasteiger partial charge in [0.05, 0.1) is 0 Å². The van der Waals surface area contributed by atoms with Crippen molar-refractivity contribution in [3.05, 3.63) is 16.0 Å². The maximum atomic E-state index is 10.7. The highest BCUT2D eigenvalue weighted by Crippen LogP contribution is 2.36. The molecule has 0 radical (unpaired) electrons. The van der Waals surface area contributed by atoms with Crippen LogP contribution in [0.3, 0.4) is 0 Å². The SMILES string of the molecule is O=c1[nH]onc1C1CC1. The Kier molecular flexibility index (Phi) is 0.777. The highest BCUT2D eigenvalue weighted by molar-refractivity contribution is 5.07. The number of nitrogens with zero attached hydrogens (tertiary/aromatic N) is 1. The molecule has 0 saturated heterocycles. The lowest BCUT2D eigenvalue weighted by Crippen LogP contribution is -2.03. The number of aromatic nitrogens is 2. The molecule has 1 aromatic heterocycles. The molecule has 4 nitrogen and oxygen atoms in total. The van der Waals surface area contributed by atoms with E-state index >= 15 is 0 Å². The number of hydrogen-bond donors (Lipinski definition) is 1. The molecule has 0 spiro atoms. The Hall–Kier alpha value is -1.06. The lowest BCUT2D eigenvalue weighted by molar-refractivity contribution is 0.300. The van der Waals surface area contributed by atoms with E-state index in [9.17, 15) is 4.79 Å². The third kappa shape index (κ3) is 0.667. The topological polar surface area (TPSA) is 58.9 Å². The molecule has 0 atom stereocenters. The normalized spacial score (nSPS) is 18.2. The Bertz CT molecular complexity index is 258. The predicted molar refractivity (Wildman–Crippen MR) is 29.1 cm³/mol. The van der Waals surface area contributed by atoms with Gasteiger partial charge in [-0.15, -0.1) is 0 Å². The summed E-state index contributed by atoms with van der Waals surface area (Å²) in [5.74, 6) is 0.382. The standard InChI is InChI=1S/C5H6N2O2/c8-5-4(3-1-2-3)6-9-7-5/h3H,1-2H2,(H,7,8). The molecule has 4 heteroatoms. The molecule has 0 amide bonds. The van der Waals surface area contributed by atoms with Gasteiger partial charge in [0.1, 0.15) is 0 Å². The maximum Gasteiger partial charge on any atom is 0.304 e. The van der Waals surface area contributed by atoms with E-state index in [4.69, 9.17) is 0 Å². The van der Waals surface area contributed by atoms with Gasteiger partial charge in [0, 0.05) is 5.92 Å². The first-order chi connectivity index (χ1) is 4.38. The quantitative estimate of drug-likeness (QED) is 0.586. The molecule has 1 aliphatic carbocycles. The second-order valence-corrected chi connectivity index (χ2v) is 2.27. The Labute approximate surface area is 50.8 Å². The van der Waals surface area contributed by atoms with Gasteiger partial charge in [-0.25, -0.2) is 0 Å². The molecule has 0 aliphatic heterocycles. The fourth-order valence-electron chi connectivity index (χ4n) is 0.824. The summed E-state index contributed by atoms with van der Waals surface area (Å²) in [7, 11) is 0. The molecule has 0 unspecified atom stereocenters. The van der Waals surface area contributed by atoms with Gasteiger partial charge in [0.2, 0.25) is 0 Å². The second kappa shape index (κ2) is 1.46. The Morgan fingerprint density at radius 1 is 1.67 bits per heavy atom. The third-order valence-electron chi connectivity index (χ3n) is 1.48. The molecule has 0 bridgehead atoms. The number of aromatic amines is 1. The van der Waals surface area contributed by atoms with Crippen molar-refractivity contribution in [2.24, 2.45) is 0 Å². The van der Waals surface area contributed by atoms with Crippen LogP contribution in [-0.4, -0.2) is 10.3 Å². The van der Waals surface area contributed by atoms with E-state index in [0.717, 1.165) is 12.8 Å². The number of nitrogens with one attached hydrogen (secondary N) is 1. The molecule has 2 rings (SSSR count). The molecule has 1 aromatic rings. The van der Waals surface area contributed by atoms with Crippen LogP contribution in [-0.2, 0) is 0 Å². The molecule has 0 aromatic carbocycles. The third-order valence-corrected chi connectivity index (χ3v) is 1.48. The summed E-state index contributed by atoms with van der Waals surface area (Å²) in [6, 6.07) is 0. The van der Waals surface area contributed by atoms with Crippen molar-refractivity contribution in [2.75, 3.05) is 0 Å². The Morgan fingerprint density at radius 2 is 2.44 bits per heavy atom. The van der Waals surface area contributed by atoms with Crippen LogP contribution in [0.15, 0.2) is 9.42 Å². The molecular formula is C5H6N2O2. The monoisotopic (exact) mass is 126 g/mol. The lowest BCUT2D eigenvalue weighted by Gasteiger charge is -1.75. The van der Waals surface area contributed by atoms with Gasteiger partial charge in [0.25, 0.3) is 0 Å². The van der Waals surface area contributed by atoms with Crippen molar-refractivity contribution in [1.29, 1.82) is 0 Å². The van der Waals surface area contributed by atoms with Crippen LogP contribution in [0.25, 0.3) is 0 Å². The van der Waals surface area contributed by atoms with Gasteiger partial charge in [-0.3, -0.25) is 9.42 Å². The summed E-state index contributed by atoms with van der Waals surface area (Å²) in [5, 5.41) is 5.68. The summed E-state index contributed by atoms with van der Waals surface area (Å²) in [5.41, 5.74) is 0.396. The van der Waals surface area contributed by atoms with E-state index in [0.29, 0.717) is 11.6 Å². The van der Waals surface area contributed by atoms with E-state index in [2.05, 4.69) is 14.9 Å². The molecule has 1 N–H and O–H groups in total. The fourth-order valence-corrected chi connectivity index (χ4v) is 0.824. The van der Waals surface area contributed by atoms with Gasteiger partial charge in [-0.1, -0.05) is 5.16 Å². The van der Waals surface area contributed by atoms with Crippen LogP contribution in [0, 0.1) is 0 Å². The van der Waals surface area contributed by atoms with Crippen LogP contribution in [0.1, 0.15) is 24.5 Å². The van der Waals surface area contributed by atoms with E-state index in [1.54, 1.807) is 0 Å². The van der Waals surface area contributed by atoms with Gasteiger partial charge < -0.3 is 0 Å². The molecule has 48 valence electrons. The van der Waals surface area contributed by atoms with E-state index in [-0.39, 0.29) is 5.56 Å². The summed E-state index contributed by atoms with van der Waals surface area (Å²) in [6.07, 6.45) is 2.16. The predicted octanol–water partition coefficient (Wildman–Crippen LogP) is 0.240. The van der Waals surface area contributed by atoms with E-state index in [1.807, 2.05) is 0 Å². The van der Waals surface area contributed by atoms with Crippen LogP contribution in [0.4, 0.5) is 0 Å². The average molecular weight is 126 g/mol. The van der Waals surface area contributed by atoms with Crippen molar-refractivity contribution in [3.8, 4) is 0 Å². The first kappa shape index (κ1) is 4.78.